The third kappa shape index (κ3) is 3.67. The number of anilines is 2. The summed E-state index contributed by atoms with van der Waals surface area (Å²) in [5.74, 6) is 1.16. The van der Waals surface area contributed by atoms with Crippen molar-refractivity contribution in [3.8, 4) is 10.6 Å². The van der Waals surface area contributed by atoms with Gasteiger partial charge in [-0.15, -0.1) is 10.2 Å². The van der Waals surface area contributed by atoms with Crippen LogP contribution in [0.5, 0.6) is 0 Å². The van der Waals surface area contributed by atoms with Crippen molar-refractivity contribution in [2.75, 3.05) is 18.4 Å². The lowest BCUT2D eigenvalue weighted by Crippen LogP contribution is -2.54. The van der Waals surface area contributed by atoms with E-state index >= 15 is 0 Å². The topological polar surface area (TPSA) is 97.3 Å². The lowest BCUT2D eigenvalue weighted by molar-refractivity contribution is 0.143. The largest absolute Gasteiger partial charge is 0.338 e. The molecule has 154 valence electrons. The summed E-state index contributed by atoms with van der Waals surface area (Å²) in [6, 6.07) is 10.6. The van der Waals surface area contributed by atoms with Crippen LogP contribution in [0.3, 0.4) is 0 Å². The van der Waals surface area contributed by atoms with Gasteiger partial charge < -0.3 is 11.1 Å². The van der Waals surface area contributed by atoms with Gasteiger partial charge in [0, 0.05) is 49.0 Å². The van der Waals surface area contributed by atoms with Crippen LogP contribution in [0.4, 0.5) is 11.5 Å². The molecular weight excluding hydrogens is 396 g/mol. The second-order valence-electron chi connectivity index (χ2n) is 8.00. The van der Waals surface area contributed by atoms with E-state index in [1.165, 1.54) is 5.56 Å². The Kier molecular flexibility index (Phi) is 4.93. The fourth-order valence-electron chi connectivity index (χ4n) is 3.67. The van der Waals surface area contributed by atoms with Crippen molar-refractivity contribution in [3.05, 3.63) is 53.4 Å². The van der Waals surface area contributed by atoms with Gasteiger partial charge in [0.2, 0.25) is 0 Å². The molecule has 0 spiro atoms. The predicted octanol–water partition coefficient (Wildman–Crippen LogP) is 3.26. The Morgan fingerprint density at radius 3 is 2.87 bits per heavy atom. The van der Waals surface area contributed by atoms with Crippen LogP contribution in [-0.4, -0.2) is 48.8 Å². The number of fused-ring (bicyclic) bond motifs is 1. The van der Waals surface area contributed by atoms with Gasteiger partial charge >= 0.3 is 0 Å². The molecule has 1 fully saturated rings. The van der Waals surface area contributed by atoms with Crippen molar-refractivity contribution in [1.29, 1.82) is 0 Å². The molecule has 4 aromatic rings. The molecule has 3 N–H and O–H groups in total. The van der Waals surface area contributed by atoms with Crippen LogP contribution in [0.2, 0.25) is 0 Å². The Bertz CT molecular complexity index is 1170. The van der Waals surface area contributed by atoms with Crippen LogP contribution in [0.25, 0.3) is 16.1 Å². The number of nitrogens with two attached hydrogens (primary N) is 1. The maximum Gasteiger partial charge on any atom is 0.158 e. The summed E-state index contributed by atoms with van der Waals surface area (Å²) in [5, 5.41) is 18.5. The maximum atomic E-state index is 5.93. The second-order valence-corrected chi connectivity index (χ2v) is 9.01. The monoisotopic (exact) mass is 420 g/mol. The molecule has 5 rings (SSSR count). The fraction of sp³-hybridized carbons (Fsp3) is 0.333. The molecule has 0 aliphatic carbocycles. The molecule has 0 saturated carbocycles. The molecule has 0 bridgehead atoms. The first-order valence-corrected chi connectivity index (χ1v) is 10.9. The first-order valence-electron chi connectivity index (χ1n) is 10.1. The van der Waals surface area contributed by atoms with E-state index in [2.05, 4.69) is 62.5 Å². The second kappa shape index (κ2) is 7.75. The molecule has 1 aromatic carbocycles. The molecule has 9 heteroatoms. The van der Waals surface area contributed by atoms with Gasteiger partial charge in [-0.3, -0.25) is 4.90 Å². The van der Waals surface area contributed by atoms with Crippen LogP contribution in [0.15, 0.2) is 42.9 Å². The highest BCUT2D eigenvalue weighted by Gasteiger charge is 2.24. The molecule has 3 aromatic heterocycles. The zero-order valence-corrected chi connectivity index (χ0v) is 17.8. The van der Waals surface area contributed by atoms with E-state index in [1.54, 1.807) is 17.7 Å². The smallest absolute Gasteiger partial charge is 0.158 e. The SMILES string of the molecule is CC(C)c1nnc(-c2cccc(Nc3ncnn4ccc(CN5CC(N)C5)c34)c2)s1. The zero-order chi connectivity index (χ0) is 20.7. The molecule has 1 aliphatic rings. The quantitative estimate of drug-likeness (QED) is 0.494. The van der Waals surface area contributed by atoms with Crippen LogP contribution >= 0.6 is 11.3 Å². The molecule has 1 aliphatic heterocycles. The van der Waals surface area contributed by atoms with E-state index in [1.807, 2.05) is 22.8 Å². The third-order valence-corrected chi connectivity index (χ3v) is 6.50. The molecule has 0 atom stereocenters. The summed E-state index contributed by atoms with van der Waals surface area (Å²) in [6.07, 6.45) is 3.55. The predicted molar refractivity (Wildman–Crippen MR) is 119 cm³/mol. The number of nitrogens with zero attached hydrogens (tertiary/aromatic N) is 6. The minimum absolute atomic E-state index is 0.284. The van der Waals surface area contributed by atoms with Crippen molar-refractivity contribution in [2.45, 2.75) is 32.4 Å². The molecule has 30 heavy (non-hydrogen) atoms. The highest BCUT2D eigenvalue weighted by molar-refractivity contribution is 7.14. The van der Waals surface area contributed by atoms with Crippen LogP contribution in [0, 0.1) is 0 Å². The van der Waals surface area contributed by atoms with E-state index in [-0.39, 0.29) is 6.04 Å². The van der Waals surface area contributed by atoms with Crippen molar-refractivity contribution < 1.29 is 0 Å². The number of benzene rings is 1. The van der Waals surface area contributed by atoms with Gasteiger partial charge in [-0.2, -0.15) is 5.10 Å². The Morgan fingerprint density at radius 2 is 2.10 bits per heavy atom. The first kappa shape index (κ1) is 19.1. The van der Waals surface area contributed by atoms with E-state index in [9.17, 15) is 0 Å². The Balaban J connectivity index is 1.43. The van der Waals surface area contributed by atoms with Gasteiger partial charge in [0.05, 0.1) is 0 Å². The minimum atomic E-state index is 0.284. The molecule has 4 heterocycles. The lowest BCUT2D eigenvalue weighted by Gasteiger charge is -2.36. The van der Waals surface area contributed by atoms with E-state index in [0.29, 0.717) is 5.92 Å². The van der Waals surface area contributed by atoms with Crippen molar-refractivity contribution in [2.24, 2.45) is 5.73 Å². The summed E-state index contributed by atoms with van der Waals surface area (Å²) >= 11 is 1.64. The maximum absolute atomic E-state index is 5.93. The fourth-order valence-corrected chi connectivity index (χ4v) is 4.51. The summed E-state index contributed by atoms with van der Waals surface area (Å²) in [5.41, 5.74) is 10.1. The number of hydrogen-bond acceptors (Lipinski definition) is 8. The number of likely N-dealkylation sites (tertiary alicyclic amines) is 1. The normalized spacial score (nSPS) is 15.1. The van der Waals surface area contributed by atoms with Gasteiger partial charge in [0.1, 0.15) is 21.9 Å². The molecule has 1 saturated heterocycles. The summed E-state index contributed by atoms with van der Waals surface area (Å²) < 4.78 is 1.87. The van der Waals surface area contributed by atoms with Crippen LogP contribution in [-0.2, 0) is 6.54 Å². The summed E-state index contributed by atoms with van der Waals surface area (Å²) in [4.78, 5) is 6.85. The Hall–Kier alpha value is -2.88. The molecule has 0 amide bonds. The van der Waals surface area contributed by atoms with Crippen molar-refractivity contribution >= 4 is 28.4 Å². The average Bonchev–Trinajstić information content (AvgIpc) is 3.35. The first-order chi connectivity index (χ1) is 14.6. The third-order valence-electron chi connectivity index (χ3n) is 5.22. The standard InChI is InChI=1S/C21H24N8S/c1-13(2)20-26-27-21(30-20)14-4-3-5-17(8-14)25-19-18-15(9-28-10-16(22)11-28)6-7-29(18)24-12-23-19/h3-8,12-13,16H,9-11,22H2,1-2H3,(H,23,24,25). The molecule has 8 nitrogen and oxygen atoms in total. The van der Waals surface area contributed by atoms with Gasteiger partial charge in [-0.25, -0.2) is 9.50 Å². The van der Waals surface area contributed by atoms with E-state index in [0.717, 1.165) is 52.2 Å². The Morgan fingerprint density at radius 1 is 1.23 bits per heavy atom. The van der Waals surface area contributed by atoms with Gasteiger partial charge in [-0.1, -0.05) is 37.3 Å². The lowest BCUT2D eigenvalue weighted by atomic mass is 10.1. The van der Waals surface area contributed by atoms with E-state index < -0.39 is 0 Å². The molecule has 0 unspecified atom stereocenters. The highest BCUT2D eigenvalue weighted by Crippen LogP contribution is 2.30. The summed E-state index contributed by atoms with van der Waals surface area (Å²) in [7, 11) is 0. The zero-order valence-electron chi connectivity index (χ0n) is 17.0. The number of rotatable bonds is 6. The van der Waals surface area contributed by atoms with Crippen LogP contribution in [0.1, 0.15) is 30.3 Å². The van der Waals surface area contributed by atoms with Crippen molar-refractivity contribution in [3.63, 3.8) is 0 Å². The minimum Gasteiger partial charge on any atom is -0.338 e. The van der Waals surface area contributed by atoms with Gasteiger partial charge in [0.25, 0.3) is 0 Å². The Labute approximate surface area is 178 Å². The number of aromatic nitrogens is 5. The molecular formula is C21H24N8S. The van der Waals surface area contributed by atoms with Crippen LogP contribution < -0.4 is 11.1 Å². The van der Waals surface area contributed by atoms with Gasteiger partial charge in [0.15, 0.2) is 5.82 Å². The van der Waals surface area contributed by atoms with Gasteiger partial charge in [-0.05, 0) is 23.8 Å². The highest BCUT2D eigenvalue weighted by atomic mass is 32.1. The molecule has 0 radical (unpaired) electrons. The summed E-state index contributed by atoms with van der Waals surface area (Å²) in [6.45, 7) is 6.96. The average molecular weight is 421 g/mol. The number of hydrogen-bond donors (Lipinski definition) is 2. The number of nitrogens with one attached hydrogen (secondary N) is 1. The van der Waals surface area contributed by atoms with Crippen molar-refractivity contribution in [1.82, 2.24) is 29.7 Å². The van der Waals surface area contributed by atoms with E-state index in [4.69, 9.17) is 5.73 Å².